The fourth-order valence-electron chi connectivity index (χ4n) is 1.91. The number of carboxylic acids is 1. The lowest BCUT2D eigenvalue weighted by Gasteiger charge is -2.38. The fourth-order valence-corrected chi connectivity index (χ4v) is 2.61. The Morgan fingerprint density at radius 3 is 2.71 bits per heavy atom. The Bertz CT molecular complexity index is 252. The summed E-state index contributed by atoms with van der Waals surface area (Å²) >= 11 is 1.27. The molecule has 0 aromatic heterocycles. The zero-order valence-corrected chi connectivity index (χ0v) is 9.36. The fraction of sp³-hybridized carbons (Fsp3) is 0.800. The molecule has 1 aliphatic carbocycles. The van der Waals surface area contributed by atoms with Crippen molar-refractivity contribution in [2.24, 2.45) is 5.92 Å². The van der Waals surface area contributed by atoms with Gasteiger partial charge in [-0.15, -0.1) is 0 Å². The van der Waals surface area contributed by atoms with Crippen molar-refractivity contribution >= 4 is 23.5 Å². The lowest BCUT2D eigenvalue weighted by molar-refractivity contribution is -0.310. The van der Waals surface area contributed by atoms with Crippen LogP contribution < -0.4 is 5.11 Å². The molecule has 0 aromatic rings. The maximum atomic E-state index is 11.2. The normalized spacial score (nSPS) is 27.0. The molecule has 0 spiro atoms. The highest BCUT2D eigenvalue weighted by molar-refractivity contribution is 8.00. The quantitative estimate of drug-likeness (QED) is 0.692. The number of hydrogen-bond donors (Lipinski definition) is 0. The summed E-state index contributed by atoms with van der Waals surface area (Å²) in [5, 5.41) is 11.0. The second kappa shape index (κ2) is 4.34. The van der Waals surface area contributed by atoms with E-state index >= 15 is 0 Å². The Balaban J connectivity index is 2.78. The molecule has 1 saturated carbocycles. The molecule has 2 unspecified atom stereocenters. The van der Waals surface area contributed by atoms with E-state index in [0.29, 0.717) is 12.8 Å². The summed E-state index contributed by atoms with van der Waals surface area (Å²) in [7, 11) is 0. The van der Waals surface area contributed by atoms with Crippen LogP contribution in [0.3, 0.4) is 0 Å². The molecule has 4 heteroatoms. The molecule has 14 heavy (non-hydrogen) atoms. The maximum absolute atomic E-state index is 11.2. The van der Waals surface area contributed by atoms with Gasteiger partial charge in [-0.2, -0.15) is 11.8 Å². The first-order valence-corrected chi connectivity index (χ1v) is 6.01. The molecule has 0 radical (unpaired) electrons. The van der Waals surface area contributed by atoms with Crippen LogP contribution in [0.25, 0.3) is 0 Å². The van der Waals surface area contributed by atoms with Crippen LogP contribution in [0.4, 0.5) is 0 Å². The number of Topliss-reactive ketones (excluding diaryl/α,β-unsaturated/α-hetero) is 1. The number of carbonyl (C=O) groups excluding carboxylic acids is 2. The summed E-state index contributed by atoms with van der Waals surface area (Å²) in [6.45, 7) is 1.66. The minimum Gasteiger partial charge on any atom is -0.549 e. The summed E-state index contributed by atoms with van der Waals surface area (Å²) in [6, 6.07) is 0. The minimum absolute atomic E-state index is 0.0660. The topological polar surface area (TPSA) is 57.2 Å². The first-order valence-electron chi connectivity index (χ1n) is 4.79. The van der Waals surface area contributed by atoms with E-state index in [1.807, 2.05) is 0 Å². The predicted octanol–water partition coefficient (Wildman–Crippen LogP) is 0.617. The summed E-state index contributed by atoms with van der Waals surface area (Å²) in [4.78, 5) is 22.3. The largest absolute Gasteiger partial charge is 0.549 e. The Kier molecular flexibility index (Phi) is 3.59. The van der Waals surface area contributed by atoms with Crippen molar-refractivity contribution in [3.05, 3.63) is 0 Å². The van der Waals surface area contributed by atoms with Crippen molar-refractivity contribution in [3.8, 4) is 0 Å². The predicted molar refractivity (Wildman–Crippen MR) is 53.9 cm³/mol. The number of carboxylic acid groups (broad SMARTS) is 1. The van der Waals surface area contributed by atoms with E-state index in [9.17, 15) is 14.7 Å². The van der Waals surface area contributed by atoms with Gasteiger partial charge >= 0.3 is 0 Å². The second-order valence-electron chi connectivity index (χ2n) is 3.93. The van der Waals surface area contributed by atoms with E-state index in [4.69, 9.17) is 0 Å². The lowest BCUT2D eigenvalue weighted by Crippen LogP contribution is -2.49. The molecule has 0 amide bonds. The van der Waals surface area contributed by atoms with Crippen LogP contribution in [0.2, 0.25) is 0 Å². The number of hydrogen-bond acceptors (Lipinski definition) is 4. The highest BCUT2D eigenvalue weighted by atomic mass is 32.2. The average Bonchev–Trinajstić information content (AvgIpc) is 2.16. The van der Waals surface area contributed by atoms with Crippen molar-refractivity contribution in [3.63, 3.8) is 0 Å². The molecule has 3 nitrogen and oxygen atoms in total. The molecule has 0 heterocycles. The molecule has 0 aromatic carbocycles. The van der Waals surface area contributed by atoms with Crippen LogP contribution in [-0.2, 0) is 9.59 Å². The highest BCUT2D eigenvalue weighted by Gasteiger charge is 2.37. The number of carbonyl (C=O) groups is 2. The van der Waals surface area contributed by atoms with E-state index in [1.165, 1.54) is 11.8 Å². The van der Waals surface area contributed by atoms with Crippen LogP contribution in [0.15, 0.2) is 0 Å². The molecule has 0 aliphatic heterocycles. The Morgan fingerprint density at radius 2 is 2.29 bits per heavy atom. The Morgan fingerprint density at radius 1 is 1.64 bits per heavy atom. The van der Waals surface area contributed by atoms with Crippen molar-refractivity contribution in [2.45, 2.75) is 37.4 Å². The summed E-state index contributed by atoms with van der Waals surface area (Å²) in [5.41, 5.74) is 0. The van der Waals surface area contributed by atoms with Crippen LogP contribution in [0, 0.1) is 5.92 Å². The van der Waals surface area contributed by atoms with Crippen molar-refractivity contribution in [2.75, 3.05) is 6.26 Å². The lowest BCUT2D eigenvalue weighted by atomic mass is 9.79. The summed E-state index contributed by atoms with van der Waals surface area (Å²) in [5.74, 6) is -0.934. The molecule has 1 aliphatic rings. The number of rotatable bonds is 3. The van der Waals surface area contributed by atoms with Gasteiger partial charge in [-0.05, 0) is 31.9 Å². The third kappa shape index (κ3) is 2.11. The molecule has 0 bridgehead atoms. The second-order valence-corrected chi connectivity index (χ2v) is 5.19. The smallest absolute Gasteiger partial charge is 0.133 e. The van der Waals surface area contributed by atoms with Gasteiger partial charge in [0, 0.05) is 12.8 Å². The van der Waals surface area contributed by atoms with Crippen LogP contribution in [0.5, 0.6) is 0 Å². The molecule has 1 rings (SSSR count). The van der Waals surface area contributed by atoms with Crippen molar-refractivity contribution in [1.82, 2.24) is 0 Å². The van der Waals surface area contributed by atoms with Gasteiger partial charge in [0.1, 0.15) is 5.78 Å². The maximum Gasteiger partial charge on any atom is 0.133 e. The van der Waals surface area contributed by atoms with Gasteiger partial charge in [0.25, 0.3) is 0 Å². The van der Waals surface area contributed by atoms with Crippen molar-refractivity contribution < 1.29 is 14.7 Å². The van der Waals surface area contributed by atoms with Gasteiger partial charge in [0.2, 0.25) is 0 Å². The first kappa shape index (κ1) is 11.6. The van der Waals surface area contributed by atoms with E-state index in [1.54, 1.807) is 13.2 Å². The Hall–Kier alpha value is -0.510. The third-order valence-corrected chi connectivity index (χ3v) is 4.44. The highest BCUT2D eigenvalue weighted by Crippen LogP contribution is 2.38. The van der Waals surface area contributed by atoms with Gasteiger partial charge in [0.05, 0.1) is 10.7 Å². The van der Waals surface area contributed by atoms with Crippen LogP contribution in [-0.4, -0.2) is 22.8 Å². The average molecular weight is 215 g/mol. The first-order chi connectivity index (χ1) is 6.50. The standard InChI is InChI=1S/C10H16O3S/c1-10(14-2,9(12)13)7-4-3-5-8(11)6-7/h7H,3-6H2,1-2H3,(H,12,13)/p-1. The monoisotopic (exact) mass is 215 g/mol. The number of aliphatic carboxylic acids is 1. The zero-order valence-electron chi connectivity index (χ0n) is 8.54. The molecule has 0 saturated heterocycles. The molecular formula is C10H15O3S-. The SMILES string of the molecule is CSC(C)(C(=O)[O-])C1CCCC(=O)C1. The minimum atomic E-state index is -1.05. The van der Waals surface area contributed by atoms with Crippen LogP contribution >= 0.6 is 11.8 Å². The Labute approximate surface area is 88.3 Å². The zero-order chi connectivity index (χ0) is 10.8. The van der Waals surface area contributed by atoms with Gasteiger partial charge in [-0.1, -0.05) is 0 Å². The number of ketones is 1. The van der Waals surface area contributed by atoms with Gasteiger partial charge in [-0.25, -0.2) is 0 Å². The van der Waals surface area contributed by atoms with Crippen LogP contribution in [0.1, 0.15) is 32.6 Å². The molecule has 2 atom stereocenters. The third-order valence-electron chi connectivity index (χ3n) is 3.09. The molecule has 0 N–H and O–H groups in total. The van der Waals surface area contributed by atoms with Crippen molar-refractivity contribution in [1.29, 1.82) is 0 Å². The van der Waals surface area contributed by atoms with E-state index in [0.717, 1.165) is 12.8 Å². The van der Waals surface area contributed by atoms with E-state index in [2.05, 4.69) is 0 Å². The molecule has 1 fully saturated rings. The van der Waals surface area contributed by atoms with E-state index < -0.39 is 10.7 Å². The summed E-state index contributed by atoms with van der Waals surface area (Å²) < 4.78 is -0.907. The van der Waals surface area contributed by atoms with E-state index in [-0.39, 0.29) is 11.7 Å². The molecular weight excluding hydrogens is 200 g/mol. The molecule has 80 valence electrons. The van der Waals surface area contributed by atoms with Gasteiger partial charge in [-0.3, -0.25) is 4.79 Å². The number of thioether (sulfide) groups is 1. The summed E-state index contributed by atoms with van der Waals surface area (Å²) in [6.07, 6.45) is 4.39. The van der Waals surface area contributed by atoms with Gasteiger partial charge < -0.3 is 9.90 Å². The van der Waals surface area contributed by atoms with Gasteiger partial charge in [0.15, 0.2) is 0 Å².